The minimum atomic E-state index is -0.799. The lowest BCUT2D eigenvalue weighted by Gasteiger charge is -2.16. The molecular weight excluding hydrogens is 328 g/mol. The predicted molar refractivity (Wildman–Crippen MR) is 89.8 cm³/mol. The molecule has 0 saturated heterocycles. The molecule has 1 aromatic heterocycles. The Bertz CT molecular complexity index is 879. The average Bonchev–Trinajstić information content (AvgIpc) is 2.60. The van der Waals surface area contributed by atoms with E-state index in [9.17, 15) is 14.4 Å². The molecule has 0 aliphatic rings. The maximum atomic E-state index is 12.3. The van der Waals surface area contributed by atoms with Gasteiger partial charge in [-0.15, -0.1) is 0 Å². The molecule has 0 N–H and O–H groups in total. The number of carbonyl (C=O) groups is 2. The van der Waals surface area contributed by atoms with Crippen molar-refractivity contribution in [2.24, 2.45) is 0 Å². The van der Waals surface area contributed by atoms with E-state index < -0.39 is 23.7 Å². The minimum absolute atomic E-state index is 0.155. The highest BCUT2D eigenvalue weighted by atomic mass is 16.6. The summed E-state index contributed by atoms with van der Waals surface area (Å²) in [6, 6.07) is 3.41. The molecule has 0 saturated carbocycles. The van der Waals surface area contributed by atoms with Crippen LogP contribution in [0.15, 0.2) is 21.3 Å². The molecule has 7 nitrogen and oxygen atoms in total. The molecule has 25 heavy (non-hydrogen) atoms. The first-order valence-electron chi connectivity index (χ1n) is 7.67. The molecule has 0 aliphatic carbocycles. The van der Waals surface area contributed by atoms with Gasteiger partial charge in [0.05, 0.1) is 26.2 Å². The van der Waals surface area contributed by atoms with Crippen molar-refractivity contribution in [1.82, 2.24) is 0 Å². The number of methoxy groups -OCH3 is 2. The molecule has 0 amide bonds. The Kier molecular flexibility index (Phi) is 5.46. The number of rotatable bonds is 5. The van der Waals surface area contributed by atoms with Gasteiger partial charge in [0.25, 0.3) is 0 Å². The quantitative estimate of drug-likeness (QED) is 0.603. The van der Waals surface area contributed by atoms with Crippen LogP contribution in [0.5, 0.6) is 5.75 Å². The zero-order valence-corrected chi connectivity index (χ0v) is 14.8. The Balaban J connectivity index is 2.52. The van der Waals surface area contributed by atoms with Crippen molar-refractivity contribution in [3.05, 3.63) is 39.2 Å². The van der Waals surface area contributed by atoms with Crippen LogP contribution in [0.3, 0.4) is 0 Å². The number of ether oxygens (including phenoxy) is 3. The zero-order chi connectivity index (χ0) is 18.7. The predicted octanol–water partition coefficient (Wildman–Crippen LogP) is 2.07. The van der Waals surface area contributed by atoms with Crippen molar-refractivity contribution in [2.45, 2.75) is 33.3 Å². The molecule has 0 radical (unpaired) electrons. The van der Waals surface area contributed by atoms with Crippen molar-refractivity contribution >= 4 is 22.9 Å². The van der Waals surface area contributed by atoms with Crippen molar-refractivity contribution < 1.29 is 28.2 Å². The van der Waals surface area contributed by atoms with E-state index >= 15 is 0 Å². The lowest BCUT2D eigenvalue weighted by molar-refractivity contribution is -0.148. The number of hydrogen-bond donors (Lipinski definition) is 0. The maximum absolute atomic E-state index is 12.3. The normalized spacial score (nSPS) is 11.9. The molecule has 1 aromatic carbocycles. The monoisotopic (exact) mass is 348 g/mol. The van der Waals surface area contributed by atoms with Crippen LogP contribution in [-0.4, -0.2) is 32.3 Å². The molecular formula is C18H20O7. The second-order valence-electron chi connectivity index (χ2n) is 5.59. The van der Waals surface area contributed by atoms with Crippen LogP contribution in [0.1, 0.15) is 23.6 Å². The molecule has 2 aromatic rings. The third kappa shape index (κ3) is 3.65. The van der Waals surface area contributed by atoms with E-state index in [0.717, 1.165) is 0 Å². The van der Waals surface area contributed by atoms with Crippen LogP contribution in [0.25, 0.3) is 11.0 Å². The topological polar surface area (TPSA) is 92.0 Å². The summed E-state index contributed by atoms with van der Waals surface area (Å²) in [5.41, 5.74) is 1.24. The number of esters is 2. The Morgan fingerprint density at radius 2 is 1.80 bits per heavy atom. The Morgan fingerprint density at radius 1 is 1.12 bits per heavy atom. The third-order valence-corrected chi connectivity index (χ3v) is 4.04. The zero-order valence-electron chi connectivity index (χ0n) is 14.8. The minimum Gasteiger partial charge on any atom is -0.479 e. The third-order valence-electron chi connectivity index (χ3n) is 4.04. The van der Waals surface area contributed by atoms with E-state index in [1.165, 1.54) is 14.2 Å². The van der Waals surface area contributed by atoms with E-state index in [2.05, 4.69) is 9.47 Å². The van der Waals surface area contributed by atoms with Gasteiger partial charge in [0, 0.05) is 10.9 Å². The van der Waals surface area contributed by atoms with Crippen LogP contribution in [0, 0.1) is 13.8 Å². The highest BCUT2D eigenvalue weighted by molar-refractivity contribution is 5.87. The van der Waals surface area contributed by atoms with E-state index in [4.69, 9.17) is 9.15 Å². The number of hydrogen-bond acceptors (Lipinski definition) is 7. The van der Waals surface area contributed by atoms with E-state index in [0.29, 0.717) is 27.8 Å². The molecule has 1 heterocycles. The fraction of sp³-hybridized carbons (Fsp3) is 0.389. The Morgan fingerprint density at radius 3 is 2.40 bits per heavy atom. The number of carbonyl (C=O) groups excluding carboxylic acids is 2. The summed E-state index contributed by atoms with van der Waals surface area (Å²) in [5, 5.41) is 0.689. The highest BCUT2D eigenvalue weighted by Crippen LogP contribution is 2.30. The summed E-state index contributed by atoms with van der Waals surface area (Å²) in [6.07, 6.45) is -0.954. The van der Waals surface area contributed by atoms with Gasteiger partial charge in [-0.25, -0.2) is 9.59 Å². The number of aryl methyl sites for hydroxylation is 2. The van der Waals surface area contributed by atoms with E-state index in [-0.39, 0.29) is 12.0 Å². The van der Waals surface area contributed by atoms with Crippen LogP contribution in [0.4, 0.5) is 0 Å². The summed E-state index contributed by atoms with van der Waals surface area (Å²) in [5.74, 6) is -0.613. The lowest BCUT2D eigenvalue weighted by atomic mass is 10.0. The summed E-state index contributed by atoms with van der Waals surface area (Å²) in [4.78, 5) is 35.3. The molecule has 0 bridgehead atoms. The van der Waals surface area contributed by atoms with Crippen LogP contribution in [0.2, 0.25) is 0 Å². The van der Waals surface area contributed by atoms with Crippen molar-refractivity contribution in [3.8, 4) is 5.75 Å². The van der Waals surface area contributed by atoms with Crippen LogP contribution in [-0.2, 0) is 25.5 Å². The summed E-state index contributed by atoms with van der Waals surface area (Å²) in [6.45, 7) is 5.04. The molecule has 2 rings (SSSR count). The van der Waals surface area contributed by atoms with Gasteiger partial charge in [0.2, 0.25) is 0 Å². The van der Waals surface area contributed by atoms with Gasteiger partial charge >= 0.3 is 17.6 Å². The first-order chi connectivity index (χ1) is 11.8. The molecule has 0 spiro atoms. The molecule has 7 heteroatoms. The van der Waals surface area contributed by atoms with Crippen molar-refractivity contribution in [3.63, 3.8) is 0 Å². The largest absolute Gasteiger partial charge is 0.479 e. The van der Waals surface area contributed by atoms with Gasteiger partial charge in [0.1, 0.15) is 11.3 Å². The van der Waals surface area contributed by atoms with Gasteiger partial charge in [0.15, 0.2) is 6.10 Å². The van der Waals surface area contributed by atoms with Gasteiger partial charge in [-0.1, -0.05) is 0 Å². The lowest BCUT2D eigenvalue weighted by Crippen LogP contribution is -2.25. The first kappa shape index (κ1) is 18.5. The highest BCUT2D eigenvalue weighted by Gasteiger charge is 2.20. The Labute approximate surface area is 144 Å². The van der Waals surface area contributed by atoms with Crippen molar-refractivity contribution in [1.29, 1.82) is 0 Å². The maximum Gasteiger partial charge on any atom is 0.346 e. The standard InChI is InChI=1S/C18H20O7/c1-9-12-6-7-14(24-11(3)17(20)23-5)10(2)16(12)25-18(21)13(9)8-15(19)22-4/h6-7,11H,8H2,1-5H3/t11-/m1/s1. The fourth-order valence-corrected chi connectivity index (χ4v) is 2.52. The Hall–Kier alpha value is -2.83. The molecule has 1 atom stereocenters. The van der Waals surface area contributed by atoms with E-state index in [1.807, 2.05) is 0 Å². The van der Waals surface area contributed by atoms with Gasteiger partial charge < -0.3 is 18.6 Å². The first-order valence-corrected chi connectivity index (χ1v) is 7.67. The average molecular weight is 348 g/mol. The number of benzene rings is 1. The van der Waals surface area contributed by atoms with E-state index in [1.54, 1.807) is 32.9 Å². The summed E-state index contributed by atoms with van der Waals surface area (Å²) >= 11 is 0. The summed E-state index contributed by atoms with van der Waals surface area (Å²) < 4.78 is 20.2. The van der Waals surface area contributed by atoms with Gasteiger partial charge in [-0.2, -0.15) is 0 Å². The second kappa shape index (κ2) is 7.38. The fourth-order valence-electron chi connectivity index (χ4n) is 2.52. The van der Waals surface area contributed by atoms with Crippen LogP contribution >= 0.6 is 0 Å². The number of fused-ring (bicyclic) bond motifs is 1. The van der Waals surface area contributed by atoms with Gasteiger partial charge in [-0.05, 0) is 38.5 Å². The van der Waals surface area contributed by atoms with Crippen molar-refractivity contribution in [2.75, 3.05) is 14.2 Å². The SMILES string of the molecule is COC(=O)Cc1c(C)c2ccc(O[C@H](C)C(=O)OC)c(C)c2oc1=O. The second-order valence-corrected chi connectivity index (χ2v) is 5.59. The smallest absolute Gasteiger partial charge is 0.346 e. The molecule has 0 unspecified atom stereocenters. The van der Waals surface area contributed by atoms with Gasteiger partial charge in [-0.3, -0.25) is 4.79 Å². The molecule has 0 fully saturated rings. The summed E-state index contributed by atoms with van der Waals surface area (Å²) in [7, 11) is 2.54. The molecule has 0 aliphatic heterocycles. The molecule has 134 valence electrons. The van der Waals surface area contributed by atoms with Crippen LogP contribution < -0.4 is 10.4 Å².